The van der Waals surface area contributed by atoms with Gasteiger partial charge in [0, 0.05) is 19.0 Å². The molecule has 4 N–H and O–H groups in total. The number of likely N-dealkylation sites (tertiary alicyclic amines) is 1. The number of anilines is 2. The van der Waals surface area contributed by atoms with Gasteiger partial charge >= 0.3 is 0 Å². The zero-order chi connectivity index (χ0) is 16.9. The van der Waals surface area contributed by atoms with Gasteiger partial charge in [0.15, 0.2) is 0 Å². The van der Waals surface area contributed by atoms with Crippen molar-refractivity contribution in [1.82, 2.24) is 20.0 Å². The number of hydrogen-bond donors (Lipinski definition) is 2. The average molecular weight is 332 g/mol. The highest BCUT2D eigenvalue weighted by atomic mass is 16.5. The second kappa shape index (κ2) is 7.48. The Morgan fingerprint density at radius 3 is 2.75 bits per heavy atom. The average Bonchev–Trinajstić information content (AvgIpc) is 3.22. The zero-order valence-electron chi connectivity index (χ0n) is 14.0. The quantitative estimate of drug-likeness (QED) is 0.778. The third-order valence-electron chi connectivity index (χ3n) is 4.18. The summed E-state index contributed by atoms with van der Waals surface area (Å²) in [5.74, 6) is 1.55. The van der Waals surface area contributed by atoms with E-state index in [0.29, 0.717) is 36.0 Å². The highest BCUT2D eigenvalue weighted by Crippen LogP contribution is 2.25. The number of ether oxygens (including phenoxy) is 1. The van der Waals surface area contributed by atoms with Crippen LogP contribution < -0.4 is 16.2 Å². The molecule has 0 atom stereocenters. The van der Waals surface area contributed by atoms with Crippen LogP contribution in [0.4, 0.5) is 11.8 Å². The molecular weight excluding hydrogens is 308 g/mol. The van der Waals surface area contributed by atoms with Gasteiger partial charge in [-0.25, -0.2) is 0 Å². The van der Waals surface area contributed by atoms with E-state index in [4.69, 9.17) is 20.7 Å². The van der Waals surface area contributed by atoms with Crippen LogP contribution in [-0.4, -0.2) is 46.3 Å². The van der Waals surface area contributed by atoms with Gasteiger partial charge in [-0.05, 0) is 32.4 Å². The van der Waals surface area contributed by atoms with Crippen LogP contribution in [-0.2, 0) is 12.8 Å². The van der Waals surface area contributed by atoms with Gasteiger partial charge in [-0.1, -0.05) is 12.1 Å². The second-order valence-corrected chi connectivity index (χ2v) is 5.96. The van der Waals surface area contributed by atoms with Crippen LogP contribution in [0, 0.1) is 0 Å². The number of nitrogens with two attached hydrogens (primary N) is 2. The summed E-state index contributed by atoms with van der Waals surface area (Å²) >= 11 is 0. The Bertz CT molecular complexity index is 681. The molecule has 0 amide bonds. The molecule has 2 aromatic heterocycles. The van der Waals surface area contributed by atoms with Gasteiger partial charge in [0.2, 0.25) is 11.8 Å². The van der Waals surface area contributed by atoms with E-state index in [-0.39, 0.29) is 5.95 Å². The minimum Gasteiger partial charge on any atom is -0.476 e. The Hall–Kier alpha value is -2.35. The summed E-state index contributed by atoms with van der Waals surface area (Å²) in [5.41, 5.74) is 13.3. The molecule has 1 aliphatic rings. The fourth-order valence-electron chi connectivity index (χ4n) is 2.84. The van der Waals surface area contributed by atoms with E-state index >= 15 is 0 Å². The summed E-state index contributed by atoms with van der Waals surface area (Å²) in [4.78, 5) is 10.6. The first-order valence-corrected chi connectivity index (χ1v) is 8.37. The number of rotatable bonds is 7. The predicted molar refractivity (Wildman–Crippen MR) is 90.7 cm³/mol. The van der Waals surface area contributed by atoms with Gasteiger partial charge < -0.3 is 20.7 Å². The Morgan fingerprint density at radius 1 is 1.25 bits per heavy atom. The second-order valence-electron chi connectivity index (χ2n) is 5.96. The maximum absolute atomic E-state index is 6.02. The van der Waals surface area contributed by atoms with Crippen molar-refractivity contribution in [3.8, 4) is 5.88 Å². The Labute approximate surface area is 141 Å². The van der Waals surface area contributed by atoms with E-state index in [1.807, 2.05) is 13.0 Å². The maximum atomic E-state index is 6.02. The zero-order valence-corrected chi connectivity index (χ0v) is 14.0. The van der Waals surface area contributed by atoms with Crippen molar-refractivity contribution in [3.05, 3.63) is 23.1 Å². The fraction of sp³-hybridized carbons (Fsp3) is 0.562. The van der Waals surface area contributed by atoms with Gasteiger partial charge in [-0.3, -0.25) is 4.90 Å². The topological polar surface area (TPSA) is 116 Å². The van der Waals surface area contributed by atoms with Crippen LogP contribution in [0.1, 0.15) is 36.8 Å². The molecule has 8 nitrogen and oxygen atoms in total. The molecule has 0 unspecified atom stereocenters. The summed E-state index contributed by atoms with van der Waals surface area (Å²) in [6.07, 6.45) is 3.75. The molecule has 1 aliphatic heterocycles. The van der Waals surface area contributed by atoms with E-state index in [0.717, 1.165) is 31.7 Å². The molecule has 24 heavy (non-hydrogen) atoms. The van der Waals surface area contributed by atoms with Crippen molar-refractivity contribution in [3.63, 3.8) is 0 Å². The summed E-state index contributed by atoms with van der Waals surface area (Å²) in [6, 6.07) is 1.91. The normalized spacial score (nSPS) is 15.0. The molecule has 1 fully saturated rings. The van der Waals surface area contributed by atoms with Crippen LogP contribution in [0.5, 0.6) is 5.88 Å². The van der Waals surface area contributed by atoms with E-state index < -0.39 is 0 Å². The number of aryl methyl sites for hydroxylation is 1. The lowest BCUT2D eigenvalue weighted by molar-refractivity contribution is 0.230. The van der Waals surface area contributed by atoms with E-state index in [1.165, 1.54) is 12.8 Å². The van der Waals surface area contributed by atoms with Crippen LogP contribution >= 0.6 is 0 Å². The van der Waals surface area contributed by atoms with Crippen LogP contribution in [0.3, 0.4) is 0 Å². The van der Waals surface area contributed by atoms with E-state index in [9.17, 15) is 0 Å². The van der Waals surface area contributed by atoms with E-state index in [2.05, 4.69) is 20.0 Å². The minimum atomic E-state index is 0.110. The number of hydrogen-bond acceptors (Lipinski definition) is 8. The maximum Gasteiger partial charge on any atom is 0.225 e. The van der Waals surface area contributed by atoms with Crippen molar-refractivity contribution in [2.24, 2.45) is 0 Å². The summed E-state index contributed by atoms with van der Waals surface area (Å²) in [5, 5.41) is 3.99. The highest BCUT2D eigenvalue weighted by Gasteiger charge is 2.17. The predicted octanol–water partition coefficient (Wildman–Crippen LogP) is 1.26. The summed E-state index contributed by atoms with van der Waals surface area (Å²) in [6.45, 7) is 5.69. The number of aromatic nitrogens is 3. The smallest absolute Gasteiger partial charge is 0.225 e. The Balaban J connectivity index is 1.71. The Morgan fingerprint density at radius 2 is 2.04 bits per heavy atom. The number of nitrogens with zero attached hydrogens (tertiary/aromatic N) is 4. The van der Waals surface area contributed by atoms with Crippen molar-refractivity contribution in [2.75, 3.05) is 37.7 Å². The van der Waals surface area contributed by atoms with Crippen molar-refractivity contribution < 1.29 is 9.26 Å². The molecule has 0 bridgehead atoms. The first-order chi connectivity index (χ1) is 11.7. The van der Waals surface area contributed by atoms with Crippen molar-refractivity contribution in [1.29, 1.82) is 0 Å². The minimum absolute atomic E-state index is 0.110. The summed E-state index contributed by atoms with van der Waals surface area (Å²) < 4.78 is 11.2. The molecule has 0 aromatic carbocycles. The molecule has 0 radical (unpaired) electrons. The molecule has 3 rings (SSSR count). The molecule has 1 saturated heterocycles. The largest absolute Gasteiger partial charge is 0.476 e. The first-order valence-electron chi connectivity index (χ1n) is 8.37. The van der Waals surface area contributed by atoms with Gasteiger partial charge in [-0.2, -0.15) is 9.97 Å². The number of nitrogen functional groups attached to an aromatic ring is 2. The van der Waals surface area contributed by atoms with Gasteiger partial charge in [0.25, 0.3) is 0 Å². The lowest BCUT2D eigenvalue weighted by Gasteiger charge is -2.16. The first kappa shape index (κ1) is 16.5. The highest BCUT2D eigenvalue weighted by molar-refractivity contribution is 5.50. The van der Waals surface area contributed by atoms with Crippen molar-refractivity contribution >= 4 is 11.8 Å². The molecule has 2 aromatic rings. The molecule has 8 heteroatoms. The standard InChI is InChI=1S/C16H24N6O2/c1-2-11-9-12(24-21-11)10-13-14(17)19-16(18)20-15(13)23-8-7-22-5-3-4-6-22/h9H,2-8,10H2,1H3,(H4,17,18,19,20). The third kappa shape index (κ3) is 3.94. The van der Waals surface area contributed by atoms with Crippen LogP contribution in [0.25, 0.3) is 0 Å². The van der Waals surface area contributed by atoms with Gasteiger partial charge in [0.05, 0.1) is 11.3 Å². The van der Waals surface area contributed by atoms with Crippen LogP contribution in [0.2, 0.25) is 0 Å². The SMILES string of the molecule is CCc1cc(Cc2c(N)nc(N)nc2OCCN2CCCC2)on1. The van der Waals surface area contributed by atoms with Gasteiger partial charge in [0.1, 0.15) is 18.2 Å². The van der Waals surface area contributed by atoms with Crippen molar-refractivity contribution in [2.45, 2.75) is 32.6 Å². The molecule has 0 aliphatic carbocycles. The fourth-order valence-corrected chi connectivity index (χ4v) is 2.84. The molecule has 0 saturated carbocycles. The Kier molecular flexibility index (Phi) is 5.14. The monoisotopic (exact) mass is 332 g/mol. The van der Waals surface area contributed by atoms with E-state index in [1.54, 1.807) is 0 Å². The lowest BCUT2D eigenvalue weighted by atomic mass is 10.1. The lowest BCUT2D eigenvalue weighted by Crippen LogP contribution is -2.25. The molecule has 0 spiro atoms. The molecular formula is C16H24N6O2. The van der Waals surface area contributed by atoms with Gasteiger partial charge in [-0.15, -0.1) is 0 Å². The molecule has 3 heterocycles. The van der Waals surface area contributed by atoms with Crippen LogP contribution in [0.15, 0.2) is 10.6 Å². The third-order valence-corrected chi connectivity index (χ3v) is 4.18. The summed E-state index contributed by atoms with van der Waals surface area (Å²) in [7, 11) is 0. The molecule has 130 valence electrons.